The second kappa shape index (κ2) is 6.56. The van der Waals surface area contributed by atoms with Crippen LogP contribution in [0.4, 0.5) is 0 Å². The maximum atomic E-state index is 9.15. The molecule has 1 unspecified atom stereocenters. The second-order valence-electron chi connectivity index (χ2n) is 4.98. The smallest absolute Gasteiger partial charge is 0.101 e. The third kappa shape index (κ3) is 3.01. The molecular weight excluding hydrogens is 250 g/mol. The topological polar surface area (TPSA) is 50.0 Å². The number of ether oxygens (including phenoxy) is 1. The minimum Gasteiger partial charge on any atom is -0.377 e. The van der Waals surface area contributed by atoms with E-state index in [1.807, 2.05) is 36.9 Å². The summed E-state index contributed by atoms with van der Waals surface area (Å²) in [5.74, 6) is 0. The zero-order valence-electron chi connectivity index (χ0n) is 12.3. The summed E-state index contributed by atoms with van der Waals surface area (Å²) in [4.78, 5) is 0. The Balaban J connectivity index is 2.15. The number of aryl methyl sites for hydroxylation is 1. The van der Waals surface area contributed by atoms with Gasteiger partial charge >= 0.3 is 0 Å². The Hall–Kier alpha value is -1.83. The van der Waals surface area contributed by atoms with Gasteiger partial charge in [0, 0.05) is 38.3 Å². The Bertz CT molecular complexity index is 624. The summed E-state index contributed by atoms with van der Waals surface area (Å²) in [5.41, 5.74) is 3.06. The fourth-order valence-corrected chi connectivity index (χ4v) is 2.54. The average molecular weight is 271 g/mol. The van der Waals surface area contributed by atoms with E-state index in [1.165, 1.54) is 5.56 Å². The molecule has 0 saturated heterocycles. The predicted octanol–water partition coefficient (Wildman–Crippen LogP) is 2.56. The van der Waals surface area contributed by atoms with Crippen molar-refractivity contribution in [1.29, 1.82) is 5.26 Å². The number of fused-ring (bicyclic) bond motifs is 1. The van der Waals surface area contributed by atoms with Crippen molar-refractivity contribution in [3.8, 4) is 6.07 Å². The monoisotopic (exact) mass is 271 g/mol. The van der Waals surface area contributed by atoms with Gasteiger partial charge in [0.2, 0.25) is 0 Å². The Morgan fingerprint density at radius 1 is 1.45 bits per heavy atom. The van der Waals surface area contributed by atoms with Crippen LogP contribution in [0.25, 0.3) is 10.9 Å². The summed E-state index contributed by atoms with van der Waals surface area (Å²) in [5, 5.41) is 13.6. The van der Waals surface area contributed by atoms with Gasteiger partial charge in [-0.2, -0.15) is 5.26 Å². The molecule has 1 N–H and O–H groups in total. The van der Waals surface area contributed by atoms with Gasteiger partial charge < -0.3 is 14.6 Å². The van der Waals surface area contributed by atoms with Crippen LogP contribution in [-0.2, 0) is 18.3 Å². The van der Waals surface area contributed by atoms with Crippen molar-refractivity contribution in [2.45, 2.75) is 26.5 Å². The van der Waals surface area contributed by atoms with E-state index in [-0.39, 0.29) is 6.10 Å². The number of hydrogen-bond donors (Lipinski definition) is 1. The number of rotatable bonds is 6. The zero-order chi connectivity index (χ0) is 14.5. The third-order valence-corrected chi connectivity index (χ3v) is 3.40. The largest absolute Gasteiger partial charge is 0.377 e. The fraction of sp³-hybridized carbons (Fsp3) is 0.438. The van der Waals surface area contributed by atoms with Gasteiger partial charge in [-0.1, -0.05) is 18.2 Å². The van der Waals surface area contributed by atoms with E-state index in [1.54, 1.807) is 0 Å². The van der Waals surface area contributed by atoms with Crippen molar-refractivity contribution in [2.24, 2.45) is 7.05 Å². The number of nitrogens with zero attached hydrogens (tertiary/aromatic N) is 2. The lowest BCUT2D eigenvalue weighted by Gasteiger charge is -2.13. The molecule has 0 saturated carbocycles. The quantitative estimate of drug-likeness (QED) is 0.878. The van der Waals surface area contributed by atoms with Crippen molar-refractivity contribution in [3.05, 3.63) is 35.5 Å². The van der Waals surface area contributed by atoms with E-state index in [0.717, 1.165) is 36.2 Å². The molecule has 1 aromatic carbocycles. The lowest BCUT2D eigenvalue weighted by Crippen LogP contribution is -2.26. The number of nitriles is 1. The molecule has 0 aliphatic carbocycles. The molecule has 1 heterocycles. The molecule has 4 nitrogen and oxygen atoms in total. The van der Waals surface area contributed by atoms with Crippen molar-refractivity contribution in [1.82, 2.24) is 9.88 Å². The lowest BCUT2D eigenvalue weighted by molar-refractivity contribution is 0.0759. The Morgan fingerprint density at radius 2 is 2.25 bits per heavy atom. The van der Waals surface area contributed by atoms with E-state index < -0.39 is 0 Å². The highest BCUT2D eigenvalue weighted by atomic mass is 16.5. The first-order valence-corrected chi connectivity index (χ1v) is 6.96. The van der Waals surface area contributed by atoms with E-state index in [4.69, 9.17) is 10.00 Å². The first-order chi connectivity index (χ1) is 9.67. The summed E-state index contributed by atoms with van der Waals surface area (Å²) in [6, 6.07) is 8.35. The Morgan fingerprint density at radius 3 is 2.95 bits per heavy atom. The minimum atomic E-state index is 0.210. The molecule has 20 heavy (non-hydrogen) atoms. The van der Waals surface area contributed by atoms with Gasteiger partial charge in [0.15, 0.2) is 0 Å². The summed E-state index contributed by atoms with van der Waals surface area (Å²) in [6.07, 6.45) is 2.10. The van der Waals surface area contributed by atoms with Crippen LogP contribution in [-0.4, -0.2) is 23.8 Å². The van der Waals surface area contributed by atoms with Crippen molar-refractivity contribution in [3.63, 3.8) is 0 Å². The normalized spacial score (nSPS) is 12.5. The third-order valence-electron chi connectivity index (χ3n) is 3.40. The highest BCUT2D eigenvalue weighted by molar-refractivity contribution is 5.88. The molecule has 1 aromatic heterocycles. The van der Waals surface area contributed by atoms with E-state index >= 15 is 0 Å². The van der Waals surface area contributed by atoms with Crippen molar-refractivity contribution < 1.29 is 4.74 Å². The minimum absolute atomic E-state index is 0.210. The summed E-state index contributed by atoms with van der Waals surface area (Å²) in [7, 11) is 1.98. The van der Waals surface area contributed by atoms with Crippen LogP contribution in [0.3, 0.4) is 0 Å². The van der Waals surface area contributed by atoms with E-state index in [0.29, 0.717) is 0 Å². The van der Waals surface area contributed by atoms with E-state index in [9.17, 15) is 0 Å². The van der Waals surface area contributed by atoms with Gasteiger partial charge in [-0.25, -0.2) is 0 Å². The van der Waals surface area contributed by atoms with Crippen molar-refractivity contribution >= 4 is 10.9 Å². The van der Waals surface area contributed by atoms with Crippen LogP contribution in [0, 0.1) is 11.3 Å². The Labute approximate surface area is 120 Å². The van der Waals surface area contributed by atoms with Crippen LogP contribution < -0.4 is 5.32 Å². The average Bonchev–Trinajstić information content (AvgIpc) is 2.77. The second-order valence-corrected chi connectivity index (χ2v) is 4.98. The molecule has 0 fully saturated rings. The van der Waals surface area contributed by atoms with E-state index in [2.05, 4.69) is 24.4 Å². The molecule has 2 aromatic rings. The van der Waals surface area contributed by atoms with Crippen LogP contribution >= 0.6 is 0 Å². The molecule has 0 spiro atoms. The molecule has 0 bridgehead atoms. The SMILES string of the molecule is CCOC(C)CNCc1cccc2c(C#N)cn(C)c12. The highest BCUT2D eigenvalue weighted by Gasteiger charge is 2.10. The number of benzene rings is 1. The van der Waals surface area contributed by atoms with Crippen LogP contribution in [0.2, 0.25) is 0 Å². The van der Waals surface area contributed by atoms with Crippen LogP contribution in [0.5, 0.6) is 0 Å². The standard InChI is InChI=1S/C16H21N3O/c1-4-20-12(2)9-18-10-13-6-5-7-15-14(8-17)11-19(3)16(13)15/h5-7,11-12,18H,4,9-10H2,1-3H3. The first kappa shape index (κ1) is 14.6. The molecule has 106 valence electrons. The highest BCUT2D eigenvalue weighted by Crippen LogP contribution is 2.23. The molecule has 2 rings (SSSR count). The van der Waals surface area contributed by atoms with Crippen LogP contribution in [0.1, 0.15) is 25.0 Å². The number of aromatic nitrogens is 1. The molecule has 4 heteroatoms. The van der Waals surface area contributed by atoms with Crippen LogP contribution in [0.15, 0.2) is 24.4 Å². The summed E-state index contributed by atoms with van der Waals surface area (Å²) >= 11 is 0. The summed E-state index contributed by atoms with van der Waals surface area (Å²) < 4.78 is 7.53. The molecule has 0 radical (unpaired) electrons. The first-order valence-electron chi connectivity index (χ1n) is 6.96. The number of para-hydroxylation sites is 1. The van der Waals surface area contributed by atoms with Gasteiger partial charge in [-0.3, -0.25) is 0 Å². The van der Waals surface area contributed by atoms with Gasteiger partial charge in [0.05, 0.1) is 17.2 Å². The predicted molar refractivity (Wildman–Crippen MR) is 80.4 cm³/mol. The molecule has 0 aliphatic rings. The van der Waals surface area contributed by atoms with Crippen molar-refractivity contribution in [2.75, 3.05) is 13.2 Å². The lowest BCUT2D eigenvalue weighted by atomic mass is 10.1. The number of hydrogen-bond acceptors (Lipinski definition) is 3. The van der Waals surface area contributed by atoms with Gasteiger partial charge in [-0.05, 0) is 19.4 Å². The molecular formula is C16H21N3O. The molecule has 1 atom stereocenters. The zero-order valence-corrected chi connectivity index (χ0v) is 12.3. The van der Waals surface area contributed by atoms with Gasteiger partial charge in [0.1, 0.15) is 6.07 Å². The number of nitrogens with one attached hydrogen (secondary N) is 1. The maximum absolute atomic E-state index is 9.15. The van der Waals surface area contributed by atoms with Gasteiger partial charge in [-0.15, -0.1) is 0 Å². The molecule has 0 amide bonds. The Kier molecular flexibility index (Phi) is 4.78. The summed E-state index contributed by atoms with van der Waals surface area (Å²) in [6.45, 7) is 6.40. The fourth-order valence-electron chi connectivity index (χ4n) is 2.54. The molecule has 0 aliphatic heterocycles. The maximum Gasteiger partial charge on any atom is 0.101 e. The van der Waals surface area contributed by atoms with Gasteiger partial charge in [0.25, 0.3) is 0 Å².